The number of benzene rings is 1. The average Bonchev–Trinajstić information content (AvgIpc) is 3.13. The van der Waals surface area contributed by atoms with Crippen molar-refractivity contribution in [2.75, 3.05) is 37.7 Å². The highest BCUT2D eigenvalue weighted by molar-refractivity contribution is 5.48. The van der Waals surface area contributed by atoms with E-state index in [2.05, 4.69) is 4.98 Å². The molecule has 4 nitrogen and oxygen atoms in total. The van der Waals surface area contributed by atoms with Crippen LogP contribution in [0.4, 0.5) is 18.9 Å². The maximum atomic E-state index is 14.0. The number of aliphatic hydroxyl groups is 1. The number of aromatic nitrogens is 1. The molecule has 26 heavy (non-hydrogen) atoms. The molecular weight excluding hydrogens is 343 g/mol. The Morgan fingerprint density at radius 2 is 1.96 bits per heavy atom. The first-order chi connectivity index (χ1) is 12.5. The number of hydrogen-bond acceptors (Lipinski definition) is 4. The lowest BCUT2D eigenvalue weighted by atomic mass is 9.82. The number of pyridine rings is 1. The average molecular weight is 363 g/mol. The van der Waals surface area contributed by atoms with Crippen LogP contribution in [0, 0.1) is 28.8 Å². The van der Waals surface area contributed by atoms with E-state index in [0.717, 1.165) is 6.07 Å². The Balaban J connectivity index is 1.51. The van der Waals surface area contributed by atoms with E-state index in [9.17, 15) is 18.3 Å². The molecule has 2 saturated heterocycles. The van der Waals surface area contributed by atoms with Gasteiger partial charge in [0, 0.05) is 49.9 Å². The van der Waals surface area contributed by atoms with E-state index in [0.29, 0.717) is 44.0 Å². The zero-order chi connectivity index (χ0) is 18.3. The summed E-state index contributed by atoms with van der Waals surface area (Å²) in [6.45, 7) is 2.63. The Bertz CT molecular complexity index is 818. The van der Waals surface area contributed by atoms with Gasteiger partial charge in [-0.15, -0.1) is 0 Å². The van der Waals surface area contributed by atoms with E-state index in [1.54, 1.807) is 18.3 Å². The van der Waals surface area contributed by atoms with Crippen LogP contribution in [0.5, 0.6) is 0 Å². The Kier molecular flexibility index (Phi) is 4.36. The van der Waals surface area contributed by atoms with E-state index >= 15 is 0 Å². The second-order valence-corrected chi connectivity index (χ2v) is 7.31. The van der Waals surface area contributed by atoms with Crippen molar-refractivity contribution < 1.29 is 18.3 Å². The second kappa shape index (κ2) is 6.55. The molecule has 0 aliphatic carbocycles. The zero-order valence-electron chi connectivity index (χ0n) is 14.2. The van der Waals surface area contributed by atoms with Crippen molar-refractivity contribution in [3.8, 4) is 0 Å². The van der Waals surface area contributed by atoms with E-state index < -0.39 is 11.6 Å². The Labute approximate surface area is 149 Å². The van der Waals surface area contributed by atoms with Gasteiger partial charge in [0.25, 0.3) is 0 Å². The molecule has 1 aromatic heterocycles. The van der Waals surface area contributed by atoms with Crippen molar-refractivity contribution in [1.29, 1.82) is 0 Å². The highest BCUT2D eigenvalue weighted by Crippen LogP contribution is 2.44. The van der Waals surface area contributed by atoms with Crippen molar-refractivity contribution in [1.82, 2.24) is 9.88 Å². The molecule has 0 amide bonds. The molecule has 2 aliphatic rings. The summed E-state index contributed by atoms with van der Waals surface area (Å²) in [5, 5.41) is 10.1. The van der Waals surface area contributed by atoms with E-state index in [1.807, 2.05) is 9.80 Å². The molecule has 7 heteroatoms. The molecule has 0 radical (unpaired) electrons. The van der Waals surface area contributed by atoms with Crippen LogP contribution < -0.4 is 4.90 Å². The fraction of sp³-hybridized carbons (Fsp3) is 0.421. The molecule has 1 aromatic carbocycles. The van der Waals surface area contributed by atoms with Crippen LogP contribution in [-0.4, -0.2) is 47.8 Å². The normalized spacial score (nSPS) is 25.7. The number of hydrogen-bond donors (Lipinski definition) is 1. The van der Waals surface area contributed by atoms with Crippen LogP contribution in [0.15, 0.2) is 36.7 Å². The fourth-order valence-corrected chi connectivity index (χ4v) is 4.35. The summed E-state index contributed by atoms with van der Waals surface area (Å²) in [6, 6.07) is 5.83. The Hall–Kier alpha value is -2.12. The first-order valence-electron chi connectivity index (χ1n) is 8.63. The van der Waals surface area contributed by atoms with Crippen LogP contribution >= 0.6 is 0 Å². The Morgan fingerprint density at radius 3 is 2.69 bits per heavy atom. The third kappa shape index (κ3) is 2.85. The number of rotatable bonds is 4. The summed E-state index contributed by atoms with van der Waals surface area (Å²) in [6.07, 6.45) is 2.74. The number of fused-ring (bicyclic) bond motifs is 1. The van der Waals surface area contributed by atoms with E-state index in [-0.39, 0.29) is 23.8 Å². The molecule has 2 atom stereocenters. The quantitative estimate of drug-likeness (QED) is 0.906. The molecule has 2 aromatic rings. The van der Waals surface area contributed by atoms with Crippen molar-refractivity contribution in [3.05, 3.63) is 59.7 Å². The van der Waals surface area contributed by atoms with Gasteiger partial charge >= 0.3 is 0 Å². The SMILES string of the molecule is OCC12CN(Cc3cccc(F)c3F)CC1CN(c1ccncc1F)C2. The summed E-state index contributed by atoms with van der Waals surface area (Å²) in [5.41, 5.74) is 0.416. The molecule has 2 aliphatic heterocycles. The van der Waals surface area contributed by atoms with Crippen LogP contribution in [0.3, 0.4) is 0 Å². The van der Waals surface area contributed by atoms with Gasteiger partial charge in [-0.2, -0.15) is 0 Å². The van der Waals surface area contributed by atoms with Gasteiger partial charge in [0.1, 0.15) is 0 Å². The molecule has 2 fully saturated rings. The maximum Gasteiger partial charge on any atom is 0.164 e. The van der Waals surface area contributed by atoms with Crippen molar-refractivity contribution >= 4 is 5.69 Å². The summed E-state index contributed by atoms with van der Waals surface area (Å²) >= 11 is 0. The molecule has 138 valence electrons. The van der Waals surface area contributed by atoms with Gasteiger partial charge in [0.15, 0.2) is 17.5 Å². The first kappa shape index (κ1) is 17.3. The van der Waals surface area contributed by atoms with Crippen molar-refractivity contribution in [3.63, 3.8) is 0 Å². The topological polar surface area (TPSA) is 39.6 Å². The summed E-state index contributed by atoms with van der Waals surface area (Å²) in [5.74, 6) is -1.91. The maximum absolute atomic E-state index is 14.0. The lowest BCUT2D eigenvalue weighted by Crippen LogP contribution is -2.37. The van der Waals surface area contributed by atoms with E-state index in [1.165, 1.54) is 12.3 Å². The number of likely N-dealkylation sites (tertiary alicyclic amines) is 1. The van der Waals surface area contributed by atoms with Gasteiger partial charge in [-0.25, -0.2) is 13.2 Å². The van der Waals surface area contributed by atoms with Crippen LogP contribution in [0.2, 0.25) is 0 Å². The summed E-state index contributed by atoms with van der Waals surface area (Å²) in [7, 11) is 0. The highest BCUT2D eigenvalue weighted by Gasteiger charge is 2.52. The van der Waals surface area contributed by atoms with Gasteiger partial charge in [0.05, 0.1) is 18.5 Å². The van der Waals surface area contributed by atoms with Crippen LogP contribution in [0.25, 0.3) is 0 Å². The number of aliphatic hydroxyl groups excluding tert-OH is 1. The second-order valence-electron chi connectivity index (χ2n) is 7.31. The predicted molar refractivity (Wildman–Crippen MR) is 91.1 cm³/mol. The van der Waals surface area contributed by atoms with Crippen LogP contribution in [-0.2, 0) is 6.54 Å². The van der Waals surface area contributed by atoms with Gasteiger partial charge < -0.3 is 10.0 Å². The minimum atomic E-state index is -0.849. The molecule has 1 N–H and O–H groups in total. The molecule has 4 rings (SSSR count). The molecule has 2 unspecified atom stereocenters. The smallest absolute Gasteiger partial charge is 0.164 e. The predicted octanol–water partition coefficient (Wildman–Crippen LogP) is 2.43. The lowest BCUT2D eigenvalue weighted by molar-refractivity contribution is 0.125. The minimum Gasteiger partial charge on any atom is -0.396 e. The van der Waals surface area contributed by atoms with Crippen molar-refractivity contribution in [2.24, 2.45) is 11.3 Å². The number of halogens is 3. The zero-order valence-corrected chi connectivity index (χ0v) is 14.2. The number of nitrogens with zero attached hydrogens (tertiary/aromatic N) is 3. The highest BCUT2D eigenvalue weighted by atomic mass is 19.2. The third-order valence-corrected chi connectivity index (χ3v) is 5.66. The van der Waals surface area contributed by atoms with Crippen LogP contribution in [0.1, 0.15) is 5.56 Å². The molecule has 3 heterocycles. The lowest BCUT2D eigenvalue weighted by Gasteiger charge is -2.28. The Morgan fingerprint density at radius 1 is 1.12 bits per heavy atom. The van der Waals surface area contributed by atoms with Gasteiger partial charge in [-0.05, 0) is 18.1 Å². The first-order valence-corrected chi connectivity index (χ1v) is 8.63. The summed E-state index contributed by atoms with van der Waals surface area (Å²) in [4.78, 5) is 7.76. The monoisotopic (exact) mass is 363 g/mol. The molecular formula is C19H20F3N3O. The standard InChI is InChI=1S/C19H20F3N3O/c20-15-3-1-2-13(18(15)22)7-24-8-14-9-25(11-19(14,10-24)12-26)17-4-5-23-6-16(17)21/h1-6,14,26H,7-12H2. The molecule has 0 spiro atoms. The van der Waals surface area contributed by atoms with Gasteiger partial charge in [-0.3, -0.25) is 9.88 Å². The molecule has 0 saturated carbocycles. The largest absolute Gasteiger partial charge is 0.396 e. The van der Waals surface area contributed by atoms with Gasteiger partial charge in [0.2, 0.25) is 0 Å². The third-order valence-electron chi connectivity index (χ3n) is 5.66. The van der Waals surface area contributed by atoms with E-state index in [4.69, 9.17) is 0 Å². The molecule has 0 bridgehead atoms. The fourth-order valence-electron chi connectivity index (χ4n) is 4.35. The minimum absolute atomic E-state index is 0.0248. The van der Waals surface area contributed by atoms with Crippen molar-refractivity contribution in [2.45, 2.75) is 6.54 Å². The summed E-state index contributed by atoms with van der Waals surface area (Å²) < 4.78 is 41.4. The van der Waals surface area contributed by atoms with Gasteiger partial charge in [-0.1, -0.05) is 12.1 Å². The number of anilines is 1.